The van der Waals surface area contributed by atoms with Gasteiger partial charge in [0.05, 0.1) is 12.5 Å². The molecular formula is C27H30N4O. The summed E-state index contributed by atoms with van der Waals surface area (Å²) < 4.78 is 7.54. The number of benzene rings is 2. The highest BCUT2D eigenvalue weighted by Gasteiger charge is 2.26. The molecule has 1 aliphatic carbocycles. The summed E-state index contributed by atoms with van der Waals surface area (Å²) in [5, 5.41) is 1.13. The summed E-state index contributed by atoms with van der Waals surface area (Å²) in [4.78, 5) is 12.1. The van der Waals surface area contributed by atoms with Crippen molar-refractivity contribution in [2.45, 2.75) is 45.1 Å². The summed E-state index contributed by atoms with van der Waals surface area (Å²) >= 11 is 0. The summed E-state index contributed by atoms with van der Waals surface area (Å²) in [7, 11) is 1.69. The predicted octanol–water partition coefficient (Wildman–Crippen LogP) is 6.26. The summed E-state index contributed by atoms with van der Waals surface area (Å²) in [5.41, 5.74) is 4.35. The summed E-state index contributed by atoms with van der Waals surface area (Å²) in [6, 6.07) is 19.3. The van der Waals surface area contributed by atoms with E-state index in [2.05, 4.69) is 65.1 Å². The van der Waals surface area contributed by atoms with Crippen molar-refractivity contribution >= 4 is 16.9 Å². The zero-order valence-electron chi connectivity index (χ0n) is 18.9. The maximum Gasteiger partial charge on any atom is 0.150 e. The van der Waals surface area contributed by atoms with Crippen LogP contribution >= 0.6 is 0 Å². The van der Waals surface area contributed by atoms with Gasteiger partial charge in [0, 0.05) is 30.0 Å². The summed E-state index contributed by atoms with van der Waals surface area (Å²) in [5.74, 6) is 1.90. The molecule has 0 amide bonds. The van der Waals surface area contributed by atoms with Crippen molar-refractivity contribution in [1.82, 2.24) is 14.5 Å². The second-order valence-corrected chi connectivity index (χ2v) is 8.45. The molecule has 4 aromatic rings. The third-order valence-electron chi connectivity index (χ3n) is 6.63. The van der Waals surface area contributed by atoms with Crippen LogP contribution in [0, 0.1) is 0 Å². The van der Waals surface area contributed by atoms with Gasteiger partial charge in [0.25, 0.3) is 0 Å². The van der Waals surface area contributed by atoms with Gasteiger partial charge < -0.3 is 14.2 Å². The Morgan fingerprint density at radius 1 is 0.969 bits per heavy atom. The number of hydrogen-bond donors (Lipinski definition) is 0. The Labute approximate surface area is 189 Å². The van der Waals surface area contributed by atoms with Crippen LogP contribution in [-0.4, -0.2) is 34.2 Å². The van der Waals surface area contributed by atoms with Crippen LogP contribution in [-0.2, 0) is 0 Å². The second-order valence-electron chi connectivity index (χ2n) is 8.45. The maximum atomic E-state index is 5.36. The average Bonchev–Trinajstić information content (AvgIpc) is 3.26. The average molecular weight is 427 g/mol. The Morgan fingerprint density at radius 3 is 2.41 bits per heavy atom. The Bertz CT molecular complexity index is 1180. The lowest BCUT2D eigenvalue weighted by molar-refractivity contribution is 0.415. The highest BCUT2D eigenvalue weighted by Crippen LogP contribution is 2.38. The van der Waals surface area contributed by atoms with Gasteiger partial charge in [0.15, 0.2) is 5.65 Å². The number of methoxy groups -OCH3 is 1. The molecule has 5 nitrogen and oxygen atoms in total. The quantitative estimate of drug-likeness (QED) is 0.365. The second kappa shape index (κ2) is 9.03. The van der Waals surface area contributed by atoms with Gasteiger partial charge in [-0.1, -0.05) is 49.6 Å². The van der Waals surface area contributed by atoms with E-state index in [1.165, 1.54) is 43.2 Å². The van der Waals surface area contributed by atoms with Gasteiger partial charge in [-0.25, -0.2) is 9.97 Å². The topological polar surface area (TPSA) is 43.2 Å². The van der Waals surface area contributed by atoms with E-state index >= 15 is 0 Å². The normalized spacial score (nSPS) is 14.6. The molecule has 2 aromatic carbocycles. The lowest BCUT2D eigenvalue weighted by Gasteiger charge is -2.35. The molecule has 32 heavy (non-hydrogen) atoms. The first-order valence-corrected chi connectivity index (χ1v) is 11.6. The van der Waals surface area contributed by atoms with Crippen LogP contribution in [0.5, 0.6) is 5.75 Å². The lowest BCUT2D eigenvalue weighted by atomic mass is 9.94. The minimum Gasteiger partial charge on any atom is -0.497 e. The van der Waals surface area contributed by atoms with Crippen molar-refractivity contribution in [3.8, 4) is 22.6 Å². The van der Waals surface area contributed by atoms with Gasteiger partial charge in [-0.05, 0) is 49.6 Å². The Hall–Kier alpha value is -3.34. The minimum atomic E-state index is 0.541. The van der Waals surface area contributed by atoms with Crippen LogP contribution in [0.2, 0.25) is 0 Å². The third kappa shape index (κ3) is 3.72. The maximum absolute atomic E-state index is 5.36. The van der Waals surface area contributed by atoms with Crippen molar-refractivity contribution in [2.75, 3.05) is 18.6 Å². The van der Waals surface area contributed by atoms with E-state index in [1.54, 1.807) is 13.4 Å². The molecule has 0 saturated heterocycles. The van der Waals surface area contributed by atoms with Crippen LogP contribution in [0.1, 0.15) is 39.0 Å². The summed E-state index contributed by atoms with van der Waals surface area (Å²) in [6.07, 6.45) is 10.3. The van der Waals surface area contributed by atoms with E-state index in [0.717, 1.165) is 34.8 Å². The zero-order valence-corrected chi connectivity index (χ0v) is 18.9. The smallest absolute Gasteiger partial charge is 0.150 e. The first kappa shape index (κ1) is 20.6. The first-order valence-electron chi connectivity index (χ1n) is 11.6. The molecule has 0 spiro atoms. The third-order valence-corrected chi connectivity index (χ3v) is 6.63. The van der Waals surface area contributed by atoms with Crippen LogP contribution in [0.4, 0.5) is 5.82 Å². The van der Waals surface area contributed by atoms with Gasteiger partial charge in [0.2, 0.25) is 0 Å². The van der Waals surface area contributed by atoms with Crippen LogP contribution in [0.3, 0.4) is 0 Å². The number of rotatable bonds is 6. The Balaban J connectivity index is 1.72. The molecule has 1 aliphatic rings. The van der Waals surface area contributed by atoms with Gasteiger partial charge >= 0.3 is 0 Å². The first-order chi connectivity index (χ1) is 15.8. The molecule has 2 heterocycles. The van der Waals surface area contributed by atoms with Gasteiger partial charge in [0.1, 0.15) is 17.9 Å². The van der Waals surface area contributed by atoms with Crippen molar-refractivity contribution in [1.29, 1.82) is 0 Å². The lowest BCUT2D eigenvalue weighted by Crippen LogP contribution is -2.37. The fourth-order valence-electron chi connectivity index (χ4n) is 5.01. The monoisotopic (exact) mass is 426 g/mol. The molecule has 0 radical (unpaired) electrons. The number of hydrogen-bond acceptors (Lipinski definition) is 4. The van der Waals surface area contributed by atoms with E-state index in [9.17, 15) is 0 Å². The molecule has 5 heteroatoms. The van der Waals surface area contributed by atoms with Crippen LogP contribution in [0.25, 0.3) is 27.8 Å². The largest absolute Gasteiger partial charge is 0.497 e. The number of aromatic nitrogens is 3. The Kier molecular flexibility index (Phi) is 5.80. The van der Waals surface area contributed by atoms with Crippen molar-refractivity contribution in [3.05, 3.63) is 67.1 Å². The number of ether oxygens (including phenoxy) is 1. The number of anilines is 1. The number of fused-ring (bicyclic) bond motifs is 1. The van der Waals surface area contributed by atoms with E-state index in [0.29, 0.717) is 6.04 Å². The van der Waals surface area contributed by atoms with Crippen molar-refractivity contribution < 1.29 is 4.74 Å². The van der Waals surface area contributed by atoms with E-state index in [-0.39, 0.29) is 0 Å². The molecule has 0 bridgehead atoms. The fourth-order valence-corrected chi connectivity index (χ4v) is 5.01. The molecule has 0 unspecified atom stereocenters. The number of nitrogens with zero attached hydrogens (tertiary/aromatic N) is 4. The van der Waals surface area contributed by atoms with Crippen LogP contribution < -0.4 is 9.64 Å². The minimum absolute atomic E-state index is 0.541. The highest BCUT2D eigenvalue weighted by molar-refractivity contribution is 6.02. The van der Waals surface area contributed by atoms with Gasteiger partial charge in [-0.2, -0.15) is 0 Å². The SMILES string of the molecule is CCN(c1ncnc2c1c(-c1ccccc1)cn2-c1ccc(OC)cc1)C1CCCCC1. The van der Waals surface area contributed by atoms with E-state index in [1.807, 2.05) is 12.1 Å². The molecular weight excluding hydrogens is 396 g/mol. The molecule has 164 valence electrons. The van der Waals surface area contributed by atoms with E-state index < -0.39 is 0 Å². The summed E-state index contributed by atoms with van der Waals surface area (Å²) in [6.45, 7) is 3.18. The van der Waals surface area contributed by atoms with Crippen molar-refractivity contribution in [2.24, 2.45) is 0 Å². The zero-order chi connectivity index (χ0) is 21.9. The molecule has 0 atom stereocenters. The molecule has 1 fully saturated rings. The standard InChI is InChI=1S/C27H30N4O/c1-3-30(21-12-8-5-9-13-21)26-25-24(20-10-6-4-7-11-20)18-31(27(25)29-19-28-26)22-14-16-23(32-2)17-15-22/h4,6-7,10-11,14-19,21H,3,5,8-9,12-13H2,1-2H3. The van der Waals surface area contributed by atoms with Gasteiger partial charge in [-0.3, -0.25) is 0 Å². The Morgan fingerprint density at radius 2 is 1.72 bits per heavy atom. The molecule has 1 saturated carbocycles. The molecule has 2 aromatic heterocycles. The predicted molar refractivity (Wildman–Crippen MR) is 131 cm³/mol. The highest BCUT2D eigenvalue weighted by atomic mass is 16.5. The molecule has 5 rings (SSSR count). The van der Waals surface area contributed by atoms with Crippen molar-refractivity contribution in [3.63, 3.8) is 0 Å². The molecule has 0 N–H and O–H groups in total. The van der Waals surface area contributed by atoms with Crippen LogP contribution in [0.15, 0.2) is 67.1 Å². The molecule has 0 aliphatic heterocycles. The van der Waals surface area contributed by atoms with Gasteiger partial charge in [-0.15, -0.1) is 0 Å². The fraction of sp³-hybridized carbons (Fsp3) is 0.333. The van der Waals surface area contributed by atoms with E-state index in [4.69, 9.17) is 14.7 Å².